The quantitative estimate of drug-likeness (QED) is 0.0282. The molecule has 2 saturated heterocycles. The number of carboxylic acid groups (broad SMARTS) is 2. The van der Waals surface area contributed by atoms with Gasteiger partial charge in [-0.05, 0) is 69.2 Å². The number of aliphatic imine (C=N–C) groups is 1. The van der Waals surface area contributed by atoms with Gasteiger partial charge in [0.2, 0.25) is 47.3 Å². The van der Waals surface area contributed by atoms with E-state index in [1.807, 2.05) is 0 Å². The molecule has 2 heterocycles. The van der Waals surface area contributed by atoms with Gasteiger partial charge in [0.25, 0.3) is 0 Å². The fourth-order valence-electron chi connectivity index (χ4n) is 7.07. The molecule has 2 fully saturated rings. The molecule has 27 nitrogen and oxygen atoms in total. The lowest BCUT2D eigenvalue weighted by atomic mass is 10.0. The summed E-state index contributed by atoms with van der Waals surface area (Å²) in [5.74, 6) is -11.2. The van der Waals surface area contributed by atoms with Gasteiger partial charge >= 0.3 is 11.9 Å². The van der Waals surface area contributed by atoms with Gasteiger partial charge in [0.05, 0.1) is 25.6 Å². The second-order valence-corrected chi connectivity index (χ2v) is 18.8. The van der Waals surface area contributed by atoms with E-state index in [2.05, 4.69) is 42.2 Å². The zero-order valence-corrected chi connectivity index (χ0v) is 39.8. The van der Waals surface area contributed by atoms with E-state index < -0.39 is 127 Å². The van der Waals surface area contributed by atoms with Crippen LogP contribution < -0.4 is 60.2 Å². The maximum atomic E-state index is 14.2. The van der Waals surface area contributed by atoms with Crippen molar-refractivity contribution in [1.82, 2.24) is 42.1 Å². The lowest BCUT2D eigenvalue weighted by Crippen LogP contribution is -2.61. The molecule has 0 radical (unpaired) electrons. The lowest BCUT2D eigenvalue weighted by molar-refractivity contribution is -0.144. The number of nitrogens with one attached hydrogen (secondary N) is 7. The van der Waals surface area contributed by atoms with Crippen molar-refractivity contribution in [1.29, 1.82) is 0 Å². The van der Waals surface area contributed by atoms with Gasteiger partial charge in [-0.1, -0.05) is 33.7 Å². The highest BCUT2D eigenvalue weighted by Crippen LogP contribution is 2.24. The van der Waals surface area contributed by atoms with Crippen LogP contribution in [0.25, 0.3) is 0 Å². The van der Waals surface area contributed by atoms with Crippen LogP contribution in [0.5, 0.6) is 5.75 Å². The van der Waals surface area contributed by atoms with Crippen LogP contribution in [0.3, 0.4) is 0 Å². The molecular weight excluding hydrogens is 963 g/mol. The summed E-state index contributed by atoms with van der Waals surface area (Å²) >= 11 is 0. The summed E-state index contributed by atoms with van der Waals surface area (Å²) in [6, 6.07) is -6.23. The molecule has 2 aliphatic heterocycles. The molecule has 0 aliphatic carbocycles. The number of carboxylic acids is 2. The molecule has 0 unspecified atom stereocenters. The van der Waals surface area contributed by atoms with Crippen LogP contribution in [0, 0.1) is 0 Å². The summed E-state index contributed by atoms with van der Waals surface area (Å²) < 4.78 is 0. The van der Waals surface area contributed by atoms with E-state index in [0.717, 1.165) is 26.5 Å². The van der Waals surface area contributed by atoms with Crippen LogP contribution >= 0.6 is 21.6 Å². The SMILES string of the molecule is NCCCC[C@H](NC(=O)[C@H](Cc1ccc(O)cc1)NC(=O)[C@@H]1CSSC[C@@H](N)C(=O)NCC(=O)N[C@@H](CCCN=C(N)N)C(=O)N[C@@H](CC(=O)O)C(=O)N[C@@H](CO)C(=O)N2CCC[C@H]2C(=O)N1)C(=O)O. The molecule has 388 valence electrons. The number of guanidine groups is 1. The molecule has 8 amide bonds. The van der Waals surface area contributed by atoms with Gasteiger partial charge < -0.3 is 85.5 Å². The average Bonchev–Trinajstić information content (AvgIpc) is 3.81. The number of hydrogen-bond donors (Lipinski definition) is 15. The Bertz CT molecular complexity index is 2050. The van der Waals surface area contributed by atoms with Crippen molar-refractivity contribution in [2.24, 2.45) is 27.9 Å². The van der Waals surface area contributed by atoms with Crippen LogP contribution in [0.1, 0.15) is 56.9 Å². The van der Waals surface area contributed by atoms with E-state index in [-0.39, 0.29) is 81.4 Å². The Labute approximate surface area is 409 Å². The number of phenols is 1. The standard InChI is InChI=1S/C41H63N13O14S2/c42-12-2-1-5-25(40(67)68)49-35(62)26(15-21-8-10-22(56)11-9-21)50-37(64)29-20-70-69-19-23(43)33(60)47-17-31(57)48-24(6-3-13-46-41(44)45)34(61)51-27(16-32(58)59)36(63)52-28(18-55)39(66)54-14-4-7-30(54)38(65)53-29/h8-11,23-30,55-56H,1-7,12-20,42-43H2,(H,47,60)(H,48,57)(H,49,62)(H,50,64)(H,51,61)(H,52,63)(H,53,65)(H,58,59)(H,67,68)(H4,44,45,46)/t23-,24+,25+,26+,27+,28+,29+,30+/m1/s1. The molecule has 1 aromatic rings. The van der Waals surface area contributed by atoms with E-state index >= 15 is 0 Å². The van der Waals surface area contributed by atoms with Crippen LogP contribution in [-0.4, -0.2) is 183 Å². The summed E-state index contributed by atoms with van der Waals surface area (Å²) in [5.41, 5.74) is 22.9. The topological polar surface area (TPSA) is 456 Å². The fraction of sp³-hybridized carbons (Fsp3) is 0.585. The summed E-state index contributed by atoms with van der Waals surface area (Å²) in [6.45, 7) is -1.50. The van der Waals surface area contributed by atoms with Gasteiger partial charge in [0, 0.05) is 31.0 Å². The first-order valence-electron chi connectivity index (χ1n) is 22.2. The van der Waals surface area contributed by atoms with Gasteiger partial charge in [0.15, 0.2) is 5.96 Å². The number of aliphatic hydroxyl groups excluding tert-OH is 1. The van der Waals surface area contributed by atoms with Crippen molar-refractivity contribution < 1.29 is 68.4 Å². The number of aliphatic carboxylic acids is 2. The largest absolute Gasteiger partial charge is 0.508 e. The third-order valence-electron chi connectivity index (χ3n) is 10.8. The number of unbranched alkanes of at least 4 members (excludes halogenated alkanes) is 1. The van der Waals surface area contributed by atoms with Crippen LogP contribution in [0.2, 0.25) is 0 Å². The summed E-state index contributed by atoms with van der Waals surface area (Å²) in [4.78, 5) is 138. The number of carbonyl (C=O) groups excluding carboxylic acids is 8. The van der Waals surface area contributed by atoms with Gasteiger partial charge in [0.1, 0.15) is 48.0 Å². The maximum absolute atomic E-state index is 14.2. The highest BCUT2D eigenvalue weighted by molar-refractivity contribution is 8.76. The third kappa shape index (κ3) is 19.5. The highest BCUT2D eigenvalue weighted by atomic mass is 33.1. The predicted octanol–water partition coefficient (Wildman–Crippen LogP) is -5.59. The number of rotatable bonds is 18. The number of phenolic OH excluding ortho intramolecular Hbond substituents is 1. The number of benzene rings is 1. The molecular formula is C41H63N13O14S2. The summed E-state index contributed by atoms with van der Waals surface area (Å²) in [6.07, 6.45) is -0.0927. The Kier molecular flexibility index (Phi) is 24.4. The van der Waals surface area contributed by atoms with Crippen LogP contribution in [0.4, 0.5) is 0 Å². The summed E-state index contributed by atoms with van der Waals surface area (Å²) in [7, 11) is 1.98. The fourth-order valence-corrected chi connectivity index (χ4v) is 9.36. The highest BCUT2D eigenvalue weighted by Gasteiger charge is 2.40. The van der Waals surface area contributed by atoms with Crippen LogP contribution in [-0.2, 0) is 54.4 Å². The minimum absolute atomic E-state index is 0.00740. The van der Waals surface area contributed by atoms with Crippen LogP contribution in [0.15, 0.2) is 29.3 Å². The van der Waals surface area contributed by atoms with Crippen molar-refractivity contribution in [2.45, 2.75) is 106 Å². The normalized spacial score (nSPS) is 23.2. The molecule has 8 atom stereocenters. The first-order valence-corrected chi connectivity index (χ1v) is 24.7. The van der Waals surface area contributed by atoms with E-state index in [9.17, 15) is 68.4 Å². The zero-order valence-electron chi connectivity index (χ0n) is 38.1. The number of hydrogen-bond acceptors (Lipinski definition) is 17. The Hall–Kier alpha value is -6.43. The minimum atomic E-state index is -1.87. The molecule has 0 saturated carbocycles. The number of aromatic hydroxyl groups is 1. The number of nitrogens with zero attached hydrogens (tertiary/aromatic N) is 2. The minimum Gasteiger partial charge on any atom is -0.508 e. The molecule has 19 N–H and O–H groups in total. The maximum Gasteiger partial charge on any atom is 0.326 e. The zero-order chi connectivity index (χ0) is 51.9. The second-order valence-electron chi connectivity index (χ2n) is 16.2. The molecule has 0 aromatic heterocycles. The molecule has 0 spiro atoms. The van der Waals surface area contributed by atoms with Crippen molar-refractivity contribution >= 4 is 86.7 Å². The number of carbonyl (C=O) groups is 10. The van der Waals surface area contributed by atoms with E-state index in [1.54, 1.807) is 0 Å². The molecule has 2 aliphatic rings. The Balaban J connectivity index is 1.98. The van der Waals surface area contributed by atoms with Crippen molar-refractivity contribution in [3.05, 3.63) is 29.8 Å². The predicted molar refractivity (Wildman–Crippen MR) is 254 cm³/mol. The first kappa shape index (κ1) is 57.9. The monoisotopic (exact) mass is 1030 g/mol. The number of aliphatic hydroxyl groups is 1. The summed E-state index contributed by atoms with van der Waals surface area (Å²) in [5, 5.41) is 56.6. The first-order chi connectivity index (χ1) is 33.2. The van der Waals surface area contributed by atoms with Gasteiger partial charge in [-0.25, -0.2) is 4.79 Å². The smallest absolute Gasteiger partial charge is 0.326 e. The van der Waals surface area contributed by atoms with E-state index in [1.165, 1.54) is 24.3 Å². The van der Waals surface area contributed by atoms with Crippen molar-refractivity contribution in [3.8, 4) is 5.75 Å². The Morgan fingerprint density at radius 2 is 1.50 bits per heavy atom. The molecule has 1 aromatic carbocycles. The molecule has 0 bridgehead atoms. The van der Waals surface area contributed by atoms with Gasteiger partial charge in [-0.3, -0.25) is 48.1 Å². The van der Waals surface area contributed by atoms with Gasteiger partial charge in [-0.2, -0.15) is 0 Å². The Morgan fingerprint density at radius 3 is 2.14 bits per heavy atom. The van der Waals surface area contributed by atoms with Crippen molar-refractivity contribution in [3.63, 3.8) is 0 Å². The van der Waals surface area contributed by atoms with E-state index in [4.69, 9.17) is 22.9 Å². The Morgan fingerprint density at radius 1 is 0.829 bits per heavy atom. The molecule has 3 rings (SSSR count). The average molecular weight is 1030 g/mol. The third-order valence-corrected chi connectivity index (χ3v) is 13.2. The van der Waals surface area contributed by atoms with Gasteiger partial charge in [-0.15, -0.1) is 0 Å². The number of fused-ring (bicyclic) bond motifs is 1. The molecule has 70 heavy (non-hydrogen) atoms. The van der Waals surface area contributed by atoms with Crippen molar-refractivity contribution in [2.75, 3.05) is 44.3 Å². The molecule has 29 heteroatoms. The number of amides is 8. The second kappa shape index (κ2) is 29.6. The van der Waals surface area contributed by atoms with E-state index in [0.29, 0.717) is 18.4 Å². The lowest BCUT2D eigenvalue weighted by Gasteiger charge is -2.30. The number of nitrogens with two attached hydrogens (primary N) is 4.